The Bertz CT molecular complexity index is 1640. The van der Waals surface area contributed by atoms with E-state index < -0.39 is 26.3 Å². The van der Waals surface area contributed by atoms with Crippen LogP contribution >= 0.6 is 22.6 Å². The summed E-state index contributed by atoms with van der Waals surface area (Å²) < 4.78 is 76.6. The van der Waals surface area contributed by atoms with Crippen molar-refractivity contribution in [2.75, 3.05) is 4.43 Å². The maximum atomic E-state index is 14.3. The molecule has 21 atom stereocenters. The molecule has 0 amide bonds. The first-order valence-electron chi connectivity index (χ1n) is 24.1. The lowest BCUT2D eigenvalue weighted by atomic mass is 9.79. The van der Waals surface area contributed by atoms with E-state index in [4.69, 9.17) is 51.8 Å². The average Bonchev–Trinajstić information content (AvgIpc) is 3.84. The molecule has 0 aromatic carbocycles. The van der Waals surface area contributed by atoms with Crippen molar-refractivity contribution in [1.29, 1.82) is 0 Å². The summed E-state index contributed by atoms with van der Waals surface area (Å²) in [6.07, 6.45) is 4.95. The van der Waals surface area contributed by atoms with Crippen molar-refractivity contribution in [2.45, 2.75) is 245 Å². The zero-order chi connectivity index (χ0) is 42.4. The number of hydrogen-bond acceptors (Lipinski definition) is 12. The van der Waals surface area contributed by atoms with Gasteiger partial charge in [0.25, 0.3) is 0 Å². The van der Waals surface area contributed by atoms with Gasteiger partial charge in [-0.05, 0) is 80.1 Å². The average molecular weight is 983 g/mol. The molecular formula is C47H71IO12Si. The third-order valence-electron chi connectivity index (χ3n) is 16.9. The van der Waals surface area contributed by atoms with E-state index in [1.165, 1.54) is 0 Å². The molecule has 11 aliphatic rings. The van der Waals surface area contributed by atoms with Gasteiger partial charge in [-0.2, -0.15) is 0 Å². The van der Waals surface area contributed by atoms with Gasteiger partial charge in [-0.3, -0.25) is 4.79 Å². The number of hydrogen-bond donors (Lipinski definition) is 0. The van der Waals surface area contributed by atoms with Crippen LogP contribution in [0, 0.1) is 11.8 Å². The summed E-state index contributed by atoms with van der Waals surface area (Å²) in [7, 11) is -1.92. The summed E-state index contributed by atoms with van der Waals surface area (Å²) in [5.74, 6) is -0.920. The molecule has 12 bridgehead atoms. The molecule has 11 rings (SSSR count). The van der Waals surface area contributed by atoms with Crippen molar-refractivity contribution in [3.63, 3.8) is 0 Å². The van der Waals surface area contributed by atoms with Gasteiger partial charge in [0.05, 0.1) is 79.7 Å². The molecule has 61 heavy (non-hydrogen) atoms. The number of carbonyl (C=O) groups excluding carboxylic acids is 1. The van der Waals surface area contributed by atoms with Crippen LogP contribution in [-0.2, 0) is 56.6 Å². The number of fused-ring (bicyclic) bond motifs is 7. The van der Waals surface area contributed by atoms with Crippen LogP contribution in [0.5, 0.6) is 0 Å². The highest BCUT2D eigenvalue weighted by Gasteiger charge is 2.69. The van der Waals surface area contributed by atoms with Crippen molar-refractivity contribution in [2.24, 2.45) is 11.8 Å². The van der Waals surface area contributed by atoms with Gasteiger partial charge in [-0.1, -0.05) is 70.4 Å². The first-order valence-corrected chi connectivity index (χ1v) is 28.2. The summed E-state index contributed by atoms with van der Waals surface area (Å²) in [6.45, 7) is 20.3. The van der Waals surface area contributed by atoms with Gasteiger partial charge in [-0.25, -0.2) is 0 Å². The van der Waals surface area contributed by atoms with Gasteiger partial charge >= 0.3 is 5.97 Å². The molecule has 12 nitrogen and oxygen atoms in total. The zero-order valence-electron chi connectivity index (χ0n) is 37.1. The molecule has 1 unspecified atom stereocenters. The van der Waals surface area contributed by atoms with E-state index in [2.05, 4.69) is 70.4 Å². The molecule has 342 valence electrons. The van der Waals surface area contributed by atoms with Gasteiger partial charge in [0, 0.05) is 36.0 Å². The second-order valence-electron chi connectivity index (χ2n) is 20.4. The lowest BCUT2D eigenvalue weighted by molar-refractivity contribution is -0.293. The van der Waals surface area contributed by atoms with Crippen molar-refractivity contribution < 1.29 is 56.6 Å². The number of carbonyl (C=O) groups is 1. The van der Waals surface area contributed by atoms with Gasteiger partial charge in [0.1, 0.15) is 36.6 Å². The maximum absolute atomic E-state index is 14.3. The molecule has 0 aromatic heterocycles. The molecule has 0 aromatic rings. The monoisotopic (exact) mass is 982 g/mol. The second-order valence-corrected chi connectivity index (χ2v) is 26.0. The van der Waals surface area contributed by atoms with Crippen molar-refractivity contribution in [3.05, 3.63) is 24.3 Å². The molecule has 11 aliphatic heterocycles. The predicted octanol–water partition coefficient (Wildman–Crippen LogP) is 7.67. The smallest absolute Gasteiger partial charge is 0.308 e. The molecule has 11 heterocycles. The van der Waals surface area contributed by atoms with Crippen molar-refractivity contribution in [1.82, 2.24) is 0 Å². The highest BCUT2D eigenvalue weighted by Crippen LogP contribution is 2.54. The molecule has 0 saturated carbocycles. The van der Waals surface area contributed by atoms with E-state index in [0.717, 1.165) is 78.7 Å². The van der Waals surface area contributed by atoms with Crippen LogP contribution in [-0.4, -0.2) is 134 Å². The minimum absolute atomic E-state index is 0.0155. The number of halogens is 1. The first kappa shape index (κ1) is 44.3. The van der Waals surface area contributed by atoms with Crippen molar-refractivity contribution in [3.8, 4) is 0 Å². The lowest BCUT2D eigenvalue weighted by Gasteiger charge is -2.52. The van der Waals surface area contributed by atoms with Crippen molar-refractivity contribution >= 4 is 36.9 Å². The summed E-state index contributed by atoms with van der Waals surface area (Å²) in [5.41, 5.74) is 2.23. The molecule has 0 N–H and O–H groups in total. The Morgan fingerprint density at radius 2 is 1.38 bits per heavy atom. The summed E-state index contributed by atoms with van der Waals surface area (Å²) in [6, 6.07) is 3.24. The number of ether oxygens (including phenoxy) is 10. The molecule has 0 radical (unpaired) electrons. The standard InChI is InChI=1S/C47H71IO12Si/c1-8-61(9-2,10-3)60-34-21-36-40(56-38(34)23-48)27(7)41-35(53-36)20-33-26(6)24(4)17-28(51-33)11-13-31-25(5)18-30(50-31)15-16-47-22-37-43(58-47)44-45(55-37)46(59-47)42-32(54-44)14-12-29(52-42)19-39(49)57-41/h24,27-38,40-46H,5-6,8-23H2,1-4,7H3/t24-,27+,28+,29-,30+,31+,32+,33-,34-,35+,36+,37-,38-,40+,41-,42+,43+,44+,45-,46?,47+/m1/s1. The van der Waals surface area contributed by atoms with Gasteiger partial charge < -0.3 is 51.8 Å². The second kappa shape index (κ2) is 17.6. The zero-order valence-corrected chi connectivity index (χ0v) is 40.2. The van der Waals surface area contributed by atoms with E-state index in [1.54, 1.807) is 0 Å². The molecule has 14 heteroatoms. The minimum Gasteiger partial charge on any atom is -0.459 e. The van der Waals surface area contributed by atoms with E-state index in [1.807, 2.05) is 0 Å². The molecular weight excluding hydrogens is 911 g/mol. The fourth-order valence-corrected chi connectivity index (χ4v) is 16.8. The maximum Gasteiger partial charge on any atom is 0.308 e. The summed E-state index contributed by atoms with van der Waals surface area (Å²) in [5, 5.41) is 0. The van der Waals surface area contributed by atoms with Crippen LogP contribution in [0.3, 0.4) is 0 Å². The van der Waals surface area contributed by atoms with E-state index in [-0.39, 0.29) is 122 Å². The Morgan fingerprint density at radius 1 is 0.672 bits per heavy atom. The van der Waals surface area contributed by atoms with E-state index in [0.29, 0.717) is 25.7 Å². The molecule has 1 spiro atoms. The van der Waals surface area contributed by atoms with Crippen LogP contribution in [0.2, 0.25) is 18.1 Å². The van der Waals surface area contributed by atoms with Gasteiger partial charge in [-0.15, -0.1) is 0 Å². The minimum atomic E-state index is -1.92. The number of rotatable bonds is 6. The molecule has 0 aliphatic carbocycles. The highest BCUT2D eigenvalue weighted by atomic mass is 127. The highest BCUT2D eigenvalue weighted by molar-refractivity contribution is 14.1. The van der Waals surface area contributed by atoms with Crippen LogP contribution in [0.15, 0.2) is 24.3 Å². The topological polar surface area (TPSA) is 119 Å². The Kier molecular flexibility index (Phi) is 12.8. The lowest BCUT2D eigenvalue weighted by Crippen LogP contribution is -2.63. The summed E-state index contributed by atoms with van der Waals surface area (Å²) >= 11 is 2.44. The van der Waals surface area contributed by atoms with Crippen LogP contribution in [0.25, 0.3) is 0 Å². The normalized spacial score (nSPS) is 51.0. The summed E-state index contributed by atoms with van der Waals surface area (Å²) in [4.78, 5) is 14.3. The predicted molar refractivity (Wildman–Crippen MR) is 236 cm³/mol. The number of alkyl halides is 1. The Morgan fingerprint density at radius 3 is 2.16 bits per heavy atom. The van der Waals surface area contributed by atoms with Crippen LogP contribution in [0.4, 0.5) is 0 Å². The van der Waals surface area contributed by atoms with E-state index in [9.17, 15) is 4.79 Å². The van der Waals surface area contributed by atoms with Gasteiger partial charge in [0.15, 0.2) is 14.1 Å². The fraction of sp³-hybridized carbons (Fsp3) is 0.894. The van der Waals surface area contributed by atoms with Gasteiger partial charge in [0.2, 0.25) is 0 Å². The third-order valence-corrected chi connectivity index (χ3v) is 22.4. The Balaban J connectivity index is 0.928. The van der Waals surface area contributed by atoms with Crippen LogP contribution < -0.4 is 0 Å². The molecule has 11 fully saturated rings. The largest absolute Gasteiger partial charge is 0.459 e. The number of esters is 1. The Hall–Kier alpha value is -0.503. The third kappa shape index (κ3) is 8.24. The van der Waals surface area contributed by atoms with E-state index >= 15 is 0 Å². The fourth-order valence-electron chi connectivity index (χ4n) is 13.1. The quantitative estimate of drug-likeness (QED) is 0.0855. The van der Waals surface area contributed by atoms with Crippen LogP contribution in [0.1, 0.15) is 112 Å². The SMILES string of the molecule is C=C1C[C@@H]2CC[C@@]34C[C@H]5O[C@H]6C(O3)[C@H]3O[C@H](CC[C@@H]3O[C@H]6[C@H]5O4)CC(=O)O[C@@H]3[C@@H](C)[C@@H]4O[C@H](CI)[C@H](O[Si](CC)(CC)CC)C[C@@H]4O[C@H]3C[C@H]3O[C@@H](CC[C@@H]1O2)C[C@@H](C)C3=C. The molecule has 11 saturated heterocycles. The first-order chi connectivity index (χ1) is 29.4. The Labute approximate surface area is 377 Å².